The third-order valence-corrected chi connectivity index (χ3v) is 7.30. The van der Waals surface area contributed by atoms with Crippen molar-refractivity contribution in [1.82, 2.24) is 0 Å². The van der Waals surface area contributed by atoms with E-state index in [9.17, 15) is 0 Å². The maximum atomic E-state index is 2.49. The number of fused-ring (bicyclic) bond motifs is 3. The molecule has 1 heteroatoms. The SMILES string of the molecule is Ic1c2ccccc2c(-c2ccc(-c3cccc4ccccc34)cc2)c2ccccc12. The van der Waals surface area contributed by atoms with Gasteiger partial charge in [-0.3, -0.25) is 0 Å². The summed E-state index contributed by atoms with van der Waals surface area (Å²) in [5.74, 6) is 0. The highest BCUT2D eigenvalue weighted by molar-refractivity contribution is 14.1. The molecule has 6 rings (SSSR count). The Hall–Kier alpha value is -3.17. The summed E-state index contributed by atoms with van der Waals surface area (Å²) < 4.78 is 1.32. The summed E-state index contributed by atoms with van der Waals surface area (Å²) in [6.45, 7) is 0. The minimum Gasteiger partial charge on any atom is -0.0616 e. The van der Waals surface area contributed by atoms with Crippen molar-refractivity contribution in [3.63, 3.8) is 0 Å². The second kappa shape index (κ2) is 7.51. The van der Waals surface area contributed by atoms with Crippen molar-refractivity contribution < 1.29 is 0 Å². The lowest BCUT2D eigenvalue weighted by Crippen LogP contribution is -1.89. The smallest absolute Gasteiger partial charge is 0.0287 e. The van der Waals surface area contributed by atoms with Gasteiger partial charge in [-0.25, -0.2) is 0 Å². The molecule has 0 fully saturated rings. The van der Waals surface area contributed by atoms with Gasteiger partial charge in [0.1, 0.15) is 0 Å². The average Bonchev–Trinajstić information content (AvgIpc) is 2.84. The maximum absolute atomic E-state index is 2.49. The van der Waals surface area contributed by atoms with Crippen LogP contribution in [0.25, 0.3) is 54.6 Å². The first kappa shape index (κ1) is 18.6. The highest BCUT2D eigenvalue weighted by atomic mass is 127. The molecule has 146 valence electrons. The third-order valence-electron chi connectivity index (χ3n) is 6.14. The van der Waals surface area contributed by atoms with Gasteiger partial charge in [0.05, 0.1) is 0 Å². The molecule has 0 atom stereocenters. The molecule has 0 bridgehead atoms. The van der Waals surface area contributed by atoms with Crippen LogP contribution in [0.1, 0.15) is 0 Å². The van der Waals surface area contributed by atoms with Gasteiger partial charge >= 0.3 is 0 Å². The molecule has 0 saturated carbocycles. The molecule has 6 aromatic rings. The molecule has 0 saturated heterocycles. The molecule has 6 aromatic carbocycles. The second-order valence-electron chi connectivity index (χ2n) is 7.88. The standard InChI is InChI=1S/C30H19I/c31-30-27-13-5-3-11-25(27)29(26-12-4-6-14-28(26)30)22-18-16-21(17-19-22)24-15-7-9-20-8-1-2-10-23(20)24/h1-19H. The molecule has 31 heavy (non-hydrogen) atoms. The number of benzene rings is 6. The van der Waals surface area contributed by atoms with Crippen molar-refractivity contribution in [2.45, 2.75) is 0 Å². The molecule has 0 heterocycles. The number of rotatable bonds is 2. The molecule has 0 nitrogen and oxygen atoms in total. The van der Waals surface area contributed by atoms with Gasteiger partial charge in [-0.2, -0.15) is 0 Å². The molecule has 0 aliphatic rings. The lowest BCUT2D eigenvalue weighted by Gasteiger charge is -2.15. The zero-order valence-electron chi connectivity index (χ0n) is 16.8. The molecule has 0 spiro atoms. The van der Waals surface area contributed by atoms with Gasteiger partial charge in [0.2, 0.25) is 0 Å². The third kappa shape index (κ3) is 3.03. The summed E-state index contributed by atoms with van der Waals surface area (Å²) in [4.78, 5) is 0. The van der Waals surface area contributed by atoms with Crippen molar-refractivity contribution >= 4 is 54.9 Å². The Morgan fingerprint density at radius 2 is 0.871 bits per heavy atom. The highest BCUT2D eigenvalue weighted by Gasteiger charge is 2.13. The normalized spacial score (nSPS) is 11.4. The summed E-state index contributed by atoms with van der Waals surface area (Å²) >= 11 is 2.49. The number of halogens is 1. The van der Waals surface area contributed by atoms with Crippen molar-refractivity contribution in [1.29, 1.82) is 0 Å². The van der Waals surface area contributed by atoms with E-state index in [1.165, 1.54) is 58.1 Å². The van der Waals surface area contributed by atoms with Crippen LogP contribution in [0.3, 0.4) is 0 Å². The zero-order chi connectivity index (χ0) is 20.8. The second-order valence-corrected chi connectivity index (χ2v) is 8.96. The molecule has 0 amide bonds. The predicted octanol–water partition coefficient (Wildman–Crippen LogP) is 9.08. The average molecular weight is 506 g/mol. The molecule has 0 aromatic heterocycles. The van der Waals surface area contributed by atoms with Crippen LogP contribution in [0.15, 0.2) is 115 Å². The minimum atomic E-state index is 1.25. The van der Waals surface area contributed by atoms with Gasteiger partial charge in [-0.05, 0) is 77.2 Å². The quantitative estimate of drug-likeness (QED) is 0.162. The van der Waals surface area contributed by atoms with E-state index in [4.69, 9.17) is 0 Å². The summed E-state index contributed by atoms with van der Waals surface area (Å²) in [6.07, 6.45) is 0. The van der Waals surface area contributed by atoms with Gasteiger partial charge in [0, 0.05) is 3.57 Å². The molecule has 0 unspecified atom stereocenters. The Balaban J connectivity index is 1.58. The van der Waals surface area contributed by atoms with Crippen molar-refractivity contribution in [3.8, 4) is 22.3 Å². The summed E-state index contributed by atoms with van der Waals surface area (Å²) in [5, 5.41) is 7.82. The highest BCUT2D eigenvalue weighted by Crippen LogP contribution is 2.40. The lowest BCUT2D eigenvalue weighted by molar-refractivity contribution is 1.63. The van der Waals surface area contributed by atoms with Gasteiger partial charge in [0.15, 0.2) is 0 Å². The molecule has 0 aliphatic heterocycles. The largest absolute Gasteiger partial charge is 0.0616 e. The number of hydrogen-bond acceptors (Lipinski definition) is 0. The van der Waals surface area contributed by atoms with E-state index in [1.807, 2.05) is 0 Å². The Bertz CT molecular complexity index is 1510. The molecular weight excluding hydrogens is 487 g/mol. The van der Waals surface area contributed by atoms with E-state index < -0.39 is 0 Å². The maximum Gasteiger partial charge on any atom is 0.0287 e. The van der Waals surface area contributed by atoms with Crippen LogP contribution in [-0.4, -0.2) is 0 Å². The van der Waals surface area contributed by atoms with Crippen LogP contribution >= 0.6 is 22.6 Å². The summed E-state index contributed by atoms with van der Waals surface area (Å²) in [6, 6.07) is 41.7. The first-order valence-corrected chi connectivity index (χ1v) is 11.6. The zero-order valence-corrected chi connectivity index (χ0v) is 19.0. The van der Waals surface area contributed by atoms with Crippen LogP contribution in [0.5, 0.6) is 0 Å². The lowest BCUT2D eigenvalue weighted by atomic mass is 9.90. The molecule has 0 radical (unpaired) electrons. The fourth-order valence-electron chi connectivity index (χ4n) is 4.68. The monoisotopic (exact) mass is 506 g/mol. The minimum absolute atomic E-state index is 1.25. The fourth-order valence-corrected chi connectivity index (χ4v) is 5.62. The Morgan fingerprint density at radius 3 is 1.52 bits per heavy atom. The van der Waals surface area contributed by atoms with Gasteiger partial charge in [-0.15, -0.1) is 0 Å². The summed E-state index contributed by atoms with van der Waals surface area (Å²) in [7, 11) is 0. The predicted molar refractivity (Wildman–Crippen MR) is 143 cm³/mol. The van der Waals surface area contributed by atoms with E-state index in [1.54, 1.807) is 0 Å². The van der Waals surface area contributed by atoms with Crippen LogP contribution in [-0.2, 0) is 0 Å². The number of hydrogen-bond donors (Lipinski definition) is 0. The van der Waals surface area contributed by atoms with Crippen molar-refractivity contribution in [2.75, 3.05) is 0 Å². The first-order valence-electron chi connectivity index (χ1n) is 10.5. The first-order chi connectivity index (χ1) is 15.3. The van der Waals surface area contributed by atoms with Crippen LogP contribution in [0.4, 0.5) is 0 Å². The van der Waals surface area contributed by atoms with E-state index in [0.717, 1.165) is 0 Å². The van der Waals surface area contributed by atoms with Crippen molar-refractivity contribution in [3.05, 3.63) is 119 Å². The fraction of sp³-hybridized carbons (Fsp3) is 0. The Labute approximate surface area is 195 Å². The van der Waals surface area contributed by atoms with E-state index >= 15 is 0 Å². The van der Waals surface area contributed by atoms with E-state index in [-0.39, 0.29) is 0 Å². The Kier molecular flexibility index (Phi) is 4.50. The van der Waals surface area contributed by atoms with Crippen LogP contribution < -0.4 is 0 Å². The summed E-state index contributed by atoms with van der Waals surface area (Å²) in [5.41, 5.74) is 5.10. The van der Waals surface area contributed by atoms with Gasteiger partial charge in [0.25, 0.3) is 0 Å². The van der Waals surface area contributed by atoms with Crippen LogP contribution in [0.2, 0.25) is 0 Å². The Morgan fingerprint density at radius 1 is 0.387 bits per heavy atom. The van der Waals surface area contributed by atoms with E-state index in [0.29, 0.717) is 0 Å². The van der Waals surface area contributed by atoms with E-state index in [2.05, 4.69) is 138 Å². The molecule has 0 aliphatic carbocycles. The topological polar surface area (TPSA) is 0 Å². The van der Waals surface area contributed by atoms with Crippen molar-refractivity contribution in [2.24, 2.45) is 0 Å². The molecular formula is C30H19I. The molecule has 0 N–H and O–H groups in total. The van der Waals surface area contributed by atoms with Crippen LogP contribution in [0, 0.1) is 3.57 Å². The van der Waals surface area contributed by atoms with Gasteiger partial charge in [-0.1, -0.05) is 115 Å². The van der Waals surface area contributed by atoms with Gasteiger partial charge < -0.3 is 0 Å².